The van der Waals surface area contributed by atoms with E-state index in [1.165, 1.54) is 19.2 Å². The maximum Gasteiger partial charge on any atom is 0.336 e. The minimum Gasteiger partial charge on any atom is -0.497 e. The molecule has 1 amide bonds. The number of ether oxygens (including phenoxy) is 2. The Labute approximate surface area is 147 Å². The standard InChI is InChI=1S/C18H14ClNO5/c1-23-12-3-4-13-10(6-17(21)25-16(13)8-12)9-24-15-5-2-11(19)7-14(15)18(20)22/h2-8H,9H2,1H3,(H2,20,22). The smallest absolute Gasteiger partial charge is 0.336 e. The highest BCUT2D eigenvalue weighted by atomic mass is 35.5. The normalized spacial score (nSPS) is 10.6. The molecule has 7 heteroatoms. The van der Waals surface area contributed by atoms with Crippen molar-refractivity contribution < 1.29 is 18.7 Å². The molecule has 0 aliphatic heterocycles. The summed E-state index contributed by atoms with van der Waals surface area (Å²) in [6.45, 7) is 0.0519. The summed E-state index contributed by atoms with van der Waals surface area (Å²) in [7, 11) is 1.53. The van der Waals surface area contributed by atoms with Gasteiger partial charge in [0, 0.05) is 28.1 Å². The number of hydrogen-bond donors (Lipinski definition) is 1. The summed E-state index contributed by atoms with van der Waals surface area (Å²) < 4.78 is 16.0. The molecule has 2 aromatic carbocycles. The van der Waals surface area contributed by atoms with Crippen LogP contribution in [-0.4, -0.2) is 13.0 Å². The molecule has 0 unspecified atom stereocenters. The van der Waals surface area contributed by atoms with Crippen molar-refractivity contribution in [2.24, 2.45) is 5.73 Å². The van der Waals surface area contributed by atoms with E-state index >= 15 is 0 Å². The van der Waals surface area contributed by atoms with Gasteiger partial charge in [-0.25, -0.2) is 4.79 Å². The molecule has 0 fully saturated rings. The molecule has 0 radical (unpaired) electrons. The van der Waals surface area contributed by atoms with Crippen molar-refractivity contribution >= 4 is 28.5 Å². The van der Waals surface area contributed by atoms with E-state index in [1.54, 1.807) is 30.3 Å². The van der Waals surface area contributed by atoms with Crippen LogP contribution in [0.4, 0.5) is 0 Å². The number of primary amides is 1. The molecule has 1 aromatic heterocycles. The topological polar surface area (TPSA) is 91.8 Å². The number of halogens is 1. The highest BCUT2D eigenvalue weighted by molar-refractivity contribution is 6.31. The van der Waals surface area contributed by atoms with Crippen molar-refractivity contribution in [1.29, 1.82) is 0 Å². The first-order valence-corrected chi connectivity index (χ1v) is 7.68. The molecule has 25 heavy (non-hydrogen) atoms. The predicted molar refractivity (Wildman–Crippen MR) is 93.3 cm³/mol. The Hall–Kier alpha value is -2.99. The van der Waals surface area contributed by atoms with E-state index in [0.717, 1.165) is 0 Å². The number of methoxy groups -OCH3 is 1. The Morgan fingerprint density at radius 2 is 2.00 bits per heavy atom. The average molecular weight is 360 g/mol. The number of nitrogens with two attached hydrogens (primary N) is 1. The van der Waals surface area contributed by atoms with Gasteiger partial charge in [-0.1, -0.05) is 11.6 Å². The highest BCUT2D eigenvalue weighted by Gasteiger charge is 2.12. The minimum atomic E-state index is -0.653. The van der Waals surface area contributed by atoms with E-state index in [0.29, 0.717) is 27.3 Å². The molecule has 128 valence electrons. The van der Waals surface area contributed by atoms with Crippen molar-refractivity contribution in [1.82, 2.24) is 0 Å². The Bertz CT molecular complexity index is 1010. The molecule has 0 aliphatic carbocycles. The third-order valence-corrected chi connectivity index (χ3v) is 3.86. The van der Waals surface area contributed by atoms with Crippen LogP contribution >= 0.6 is 11.6 Å². The molecule has 0 saturated heterocycles. The van der Waals surface area contributed by atoms with E-state index < -0.39 is 11.5 Å². The van der Waals surface area contributed by atoms with Gasteiger partial charge >= 0.3 is 5.63 Å². The van der Waals surface area contributed by atoms with Gasteiger partial charge in [-0.15, -0.1) is 0 Å². The number of benzene rings is 2. The van der Waals surface area contributed by atoms with E-state index in [4.69, 9.17) is 31.2 Å². The van der Waals surface area contributed by atoms with Gasteiger partial charge in [-0.3, -0.25) is 4.79 Å². The first-order chi connectivity index (χ1) is 12.0. The molecule has 0 atom stereocenters. The lowest BCUT2D eigenvalue weighted by Gasteiger charge is -2.11. The highest BCUT2D eigenvalue weighted by Crippen LogP contribution is 2.26. The Balaban J connectivity index is 1.97. The zero-order valence-electron chi connectivity index (χ0n) is 13.2. The van der Waals surface area contributed by atoms with E-state index in [9.17, 15) is 9.59 Å². The van der Waals surface area contributed by atoms with Gasteiger partial charge in [0.2, 0.25) is 0 Å². The summed E-state index contributed by atoms with van der Waals surface area (Å²) in [5.41, 5.74) is 6.00. The summed E-state index contributed by atoms with van der Waals surface area (Å²) in [4.78, 5) is 23.3. The molecule has 6 nitrogen and oxygen atoms in total. The van der Waals surface area contributed by atoms with Crippen LogP contribution < -0.4 is 20.8 Å². The minimum absolute atomic E-state index is 0.0519. The van der Waals surface area contributed by atoms with Gasteiger partial charge in [0.05, 0.1) is 12.7 Å². The van der Waals surface area contributed by atoms with E-state index in [1.807, 2.05) is 0 Å². The van der Waals surface area contributed by atoms with Crippen molar-refractivity contribution in [3.63, 3.8) is 0 Å². The van der Waals surface area contributed by atoms with Crippen molar-refractivity contribution in [2.75, 3.05) is 7.11 Å². The molecule has 0 spiro atoms. The molecule has 1 heterocycles. The number of hydrogen-bond acceptors (Lipinski definition) is 5. The third kappa shape index (κ3) is 3.59. The lowest BCUT2D eigenvalue weighted by atomic mass is 10.1. The second kappa shape index (κ2) is 6.86. The Kier molecular flexibility index (Phi) is 4.63. The quantitative estimate of drug-likeness (QED) is 0.706. The zero-order valence-corrected chi connectivity index (χ0v) is 14.0. The van der Waals surface area contributed by atoms with Gasteiger partial charge in [0.1, 0.15) is 23.7 Å². The molecule has 0 saturated carbocycles. The largest absolute Gasteiger partial charge is 0.497 e. The number of carbonyl (C=O) groups is 1. The zero-order chi connectivity index (χ0) is 18.0. The summed E-state index contributed by atoms with van der Waals surface area (Å²) >= 11 is 5.88. The van der Waals surface area contributed by atoms with Crippen LogP contribution in [-0.2, 0) is 6.61 Å². The molecule has 3 rings (SSSR count). The fourth-order valence-corrected chi connectivity index (χ4v) is 2.60. The summed E-state index contributed by atoms with van der Waals surface area (Å²) in [6, 6.07) is 11.1. The average Bonchev–Trinajstić information content (AvgIpc) is 2.59. The molecule has 3 aromatic rings. The monoisotopic (exact) mass is 359 g/mol. The molecular weight excluding hydrogens is 346 g/mol. The lowest BCUT2D eigenvalue weighted by Crippen LogP contribution is -2.13. The van der Waals surface area contributed by atoms with Gasteiger partial charge in [-0.05, 0) is 30.3 Å². The van der Waals surface area contributed by atoms with Crippen LogP contribution in [0.5, 0.6) is 11.5 Å². The van der Waals surface area contributed by atoms with E-state index in [-0.39, 0.29) is 17.9 Å². The first kappa shape index (κ1) is 16.9. The van der Waals surface area contributed by atoms with Crippen molar-refractivity contribution in [3.05, 3.63) is 69.0 Å². The predicted octanol–water partition coefficient (Wildman–Crippen LogP) is 3.13. The van der Waals surface area contributed by atoms with Crippen LogP contribution in [0.15, 0.2) is 51.7 Å². The summed E-state index contributed by atoms with van der Waals surface area (Å²) in [6.07, 6.45) is 0. The fourth-order valence-electron chi connectivity index (χ4n) is 2.43. The van der Waals surface area contributed by atoms with Crippen LogP contribution in [0.2, 0.25) is 5.02 Å². The van der Waals surface area contributed by atoms with Gasteiger partial charge in [0.25, 0.3) is 5.91 Å². The second-order valence-corrected chi connectivity index (χ2v) is 5.68. The van der Waals surface area contributed by atoms with Crippen molar-refractivity contribution in [3.8, 4) is 11.5 Å². The SMILES string of the molecule is COc1ccc2c(COc3ccc(Cl)cc3C(N)=O)cc(=O)oc2c1. The summed E-state index contributed by atoms with van der Waals surface area (Å²) in [5, 5.41) is 1.08. The van der Waals surface area contributed by atoms with E-state index in [2.05, 4.69) is 0 Å². The lowest BCUT2D eigenvalue weighted by molar-refractivity contribution is 0.0996. The van der Waals surface area contributed by atoms with Crippen LogP contribution in [0.25, 0.3) is 11.0 Å². The van der Waals surface area contributed by atoms with Crippen LogP contribution in [0.3, 0.4) is 0 Å². The maximum atomic E-state index is 11.8. The van der Waals surface area contributed by atoms with Gasteiger partial charge in [-0.2, -0.15) is 0 Å². The number of fused-ring (bicyclic) bond motifs is 1. The summed E-state index contributed by atoms with van der Waals surface area (Å²) in [5.74, 6) is 0.203. The number of carbonyl (C=O) groups excluding carboxylic acids is 1. The Morgan fingerprint density at radius 3 is 2.72 bits per heavy atom. The second-order valence-electron chi connectivity index (χ2n) is 5.25. The van der Waals surface area contributed by atoms with Gasteiger partial charge < -0.3 is 19.6 Å². The van der Waals surface area contributed by atoms with Crippen molar-refractivity contribution in [2.45, 2.75) is 6.61 Å². The number of rotatable bonds is 5. The molecular formula is C18H14ClNO5. The molecule has 0 aliphatic rings. The molecule has 0 bridgehead atoms. The first-order valence-electron chi connectivity index (χ1n) is 7.31. The van der Waals surface area contributed by atoms with Crippen LogP contribution in [0, 0.1) is 0 Å². The fraction of sp³-hybridized carbons (Fsp3) is 0.111. The number of amides is 1. The maximum absolute atomic E-state index is 11.8. The van der Waals surface area contributed by atoms with Crippen LogP contribution in [0.1, 0.15) is 15.9 Å². The molecule has 2 N–H and O–H groups in total. The Morgan fingerprint density at radius 1 is 1.20 bits per heavy atom. The van der Waals surface area contributed by atoms with Gasteiger partial charge in [0.15, 0.2) is 0 Å². The third-order valence-electron chi connectivity index (χ3n) is 3.63.